The van der Waals surface area contributed by atoms with Crippen LogP contribution in [-0.4, -0.2) is 41.0 Å². The van der Waals surface area contributed by atoms with E-state index in [1.165, 1.54) is 0 Å². The lowest BCUT2D eigenvalue weighted by Crippen LogP contribution is -2.47. The zero-order valence-electron chi connectivity index (χ0n) is 12.3. The number of pyridine rings is 1. The van der Waals surface area contributed by atoms with Crippen molar-refractivity contribution in [2.75, 3.05) is 19.6 Å². The van der Waals surface area contributed by atoms with Crippen LogP contribution in [0.2, 0.25) is 0 Å². The van der Waals surface area contributed by atoms with Gasteiger partial charge in [-0.2, -0.15) is 0 Å². The number of hydrogen-bond donors (Lipinski definition) is 1. The van der Waals surface area contributed by atoms with Gasteiger partial charge in [-0.25, -0.2) is 0 Å². The molecule has 0 spiro atoms. The van der Waals surface area contributed by atoms with E-state index in [2.05, 4.69) is 29.0 Å². The van der Waals surface area contributed by atoms with Crippen LogP contribution in [0.5, 0.6) is 0 Å². The number of fused-ring (bicyclic) bond motifs is 1. The minimum Gasteiger partial charge on any atom is -0.337 e. The number of rotatable bonds is 3. The van der Waals surface area contributed by atoms with Crippen LogP contribution in [0.1, 0.15) is 26.0 Å². The van der Waals surface area contributed by atoms with Gasteiger partial charge < -0.3 is 10.2 Å². The molecule has 1 aromatic rings. The van der Waals surface area contributed by atoms with Crippen molar-refractivity contribution in [1.29, 1.82) is 0 Å². The van der Waals surface area contributed by atoms with Crippen LogP contribution in [0.25, 0.3) is 0 Å². The van der Waals surface area contributed by atoms with Gasteiger partial charge in [0.15, 0.2) is 0 Å². The molecule has 2 fully saturated rings. The maximum atomic E-state index is 12.5. The lowest BCUT2D eigenvalue weighted by Gasteiger charge is -2.35. The standard InChI is InChI=1S/C16H23N3O/c1-16(2)14-10-17-9-12(14)11-19(16)15(20)7-6-13-5-3-4-8-18-13/h3-5,8,12,14,17H,6-7,9-11H2,1-2H3. The lowest BCUT2D eigenvalue weighted by atomic mass is 9.85. The fourth-order valence-electron chi connectivity index (χ4n) is 3.76. The Bertz CT molecular complexity index is 486. The molecular weight excluding hydrogens is 250 g/mol. The van der Waals surface area contributed by atoms with Gasteiger partial charge in [-0.3, -0.25) is 9.78 Å². The quantitative estimate of drug-likeness (QED) is 0.907. The Balaban J connectivity index is 1.63. The van der Waals surface area contributed by atoms with E-state index in [-0.39, 0.29) is 11.4 Å². The molecule has 0 aromatic carbocycles. The number of carbonyl (C=O) groups is 1. The number of amides is 1. The predicted molar refractivity (Wildman–Crippen MR) is 78.2 cm³/mol. The van der Waals surface area contributed by atoms with Gasteiger partial charge in [0.05, 0.1) is 0 Å². The first-order chi connectivity index (χ1) is 9.59. The van der Waals surface area contributed by atoms with Crippen molar-refractivity contribution in [2.24, 2.45) is 11.8 Å². The largest absolute Gasteiger partial charge is 0.337 e. The van der Waals surface area contributed by atoms with Crippen LogP contribution in [0.4, 0.5) is 0 Å². The molecule has 108 valence electrons. The summed E-state index contributed by atoms with van der Waals surface area (Å²) in [5.74, 6) is 1.50. The summed E-state index contributed by atoms with van der Waals surface area (Å²) < 4.78 is 0. The van der Waals surface area contributed by atoms with Crippen molar-refractivity contribution < 1.29 is 4.79 Å². The maximum Gasteiger partial charge on any atom is 0.223 e. The number of aromatic nitrogens is 1. The van der Waals surface area contributed by atoms with Crippen LogP contribution in [0, 0.1) is 11.8 Å². The Kier molecular flexibility index (Phi) is 3.50. The van der Waals surface area contributed by atoms with Crippen molar-refractivity contribution in [1.82, 2.24) is 15.2 Å². The van der Waals surface area contributed by atoms with Crippen LogP contribution in [0.3, 0.4) is 0 Å². The second kappa shape index (κ2) is 5.17. The third-order valence-electron chi connectivity index (χ3n) is 4.98. The van der Waals surface area contributed by atoms with Crippen LogP contribution < -0.4 is 5.32 Å². The molecule has 1 N–H and O–H groups in total. The number of carbonyl (C=O) groups excluding carboxylic acids is 1. The smallest absolute Gasteiger partial charge is 0.223 e. The van der Waals surface area contributed by atoms with Gasteiger partial charge in [-0.05, 0) is 44.2 Å². The number of likely N-dealkylation sites (tertiary alicyclic amines) is 1. The third-order valence-corrected chi connectivity index (χ3v) is 4.98. The fraction of sp³-hybridized carbons (Fsp3) is 0.625. The highest BCUT2D eigenvalue weighted by molar-refractivity contribution is 5.77. The second-order valence-electron chi connectivity index (χ2n) is 6.50. The monoisotopic (exact) mass is 273 g/mol. The second-order valence-corrected chi connectivity index (χ2v) is 6.50. The van der Waals surface area contributed by atoms with Crippen molar-refractivity contribution in [3.8, 4) is 0 Å². The first-order valence-electron chi connectivity index (χ1n) is 7.50. The van der Waals surface area contributed by atoms with Crippen LogP contribution in [0.15, 0.2) is 24.4 Å². The highest BCUT2D eigenvalue weighted by atomic mass is 16.2. The summed E-state index contributed by atoms with van der Waals surface area (Å²) in [4.78, 5) is 18.9. The first kappa shape index (κ1) is 13.6. The summed E-state index contributed by atoms with van der Waals surface area (Å²) in [6.45, 7) is 7.43. The highest BCUT2D eigenvalue weighted by Gasteiger charge is 2.50. The number of hydrogen-bond acceptors (Lipinski definition) is 3. The number of nitrogens with one attached hydrogen (secondary N) is 1. The highest BCUT2D eigenvalue weighted by Crippen LogP contribution is 2.40. The predicted octanol–water partition coefficient (Wildman–Crippen LogP) is 1.47. The van der Waals surface area contributed by atoms with E-state index < -0.39 is 0 Å². The van der Waals surface area contributed by atoms with E-state index in [1.807, 2.05) is 18.2 Å². The van der Waals surface area contributed by atoms with Gasteiger partial charge in [-0.15, -0.1) is 0 Å². The van der Waals surface area contributed by atoms with Gasteiger partial charge in [0.25, 0.3) is 0 Å². The molecule has 1 aromatic heterocycles. The molecule has 1 amide bonds. The Morgan fingerprint density at radius 1 is 1.45 bits per heavy atom. The first-order valence-corrected chi connectivity index (χ1v) is 7.50. The van der Waals surface area contributed by atoms with Crippen LogP contribution in [-0.2, 0) is 11.2 Å². The van der Waals surface area contributed by atoms with E-state index in [4.69, 9.17) is 0 Å². The van der Waals surface area contributed by atoms with E-state index in [0.29, 0.717) is 18.3 Å². The average Bonchev–Trinajstić information content (AvgIpc) is 3.00. The molecule has 0 saturated carbocycles. The number of aryl methyl sites for hydroxylation is 1. The Hall–Kier alpha value is -1.42. The molecule has 4 heteroatoms. The van der Waals surface area contributed by atoms with Gasteiger partial charge in [0.2, 0.25) is 5.91 Å². The summed E-state index contributed by atoms with van der Waals surface area (Å²) >= 11 is 0. The molecule has 2 aliphatic heterocycles. The zero-order valence-corrected chi connectivity index (χ0v) is 12.3. The summed E-state index contributed by atoms with van der Waals surface area (Å²) in [5.41, 5.74) is 0.981. The maximum absolute atomic E-state index is 12.5. The summed E-state index contributed by atoms with van der Waals surface area (Å²) in [6, 6.07) is 5.87. The molecule has 3 heterocycles. The van der Waals surface area contributed by atoms with E-state index >= 15 is 0 Å². The van der Waals surface area contributed by atoms with E-state index in [9.17, 15) is 4.79 Å². The molecule has 3 rings (SSSR count). The minimum atomic E-state index is -0.0185. The van der Waals surface area contributed by atoms with Gasteiger partial charge in [0, 0.05) is 43.5 Å². The average molecular weight is 273 g/mol. The van der Waals surface area contributed by atoms with Crippen molar-refractivity contribution in [2.45, 2.75) is 32.2 Å². The van der Waals surface area contributed by atoms with Gasteiger partial charge >= 0.3 is 0 Å². The van der Waals surface area contributed by atoms with Crippen LogP contribution >= 0.6 is 0 Å². The Morgan fingerprint density at radius 2 is 2.30 bits per heavy atom. The Morgan fingerprint density at radius 3 is 3.00 bits per heavy atom. The molecule has 20 heavy (non-hydrogen) atoms. The molecule has 0 aliphatic carbocycles. The van der Waals surface area contributed by atoms with E-state index in [0.717, 1.165) is 31.7 Å². The molecule has 4 nitrogen and oxygen atoms in total. The van der Waals surface area contributed by atoms with Crippen molar-refractivity contribution >= 4 is 5.91 Å². The molecule has 2 saturated heterocycles. The lowest BCUT2D eigenvalue weighted by molar-refractivity contribution is -0.135. The molecule has 2 atom stereocenters. The van der Waals surface area contributed by atoms with E-state index in [1.54, 1.807) is 6.20 Å². The summed E-state index contributed by atoms with van der Waals surface area (Å²) in [5, 5.41) is 3.45. The topological polar surface area (TPSA) is 45.2 Å². The molecule has 0 bridgehead atoms. The minimum absolute atomic E-state index is 0.0185. The molecule has 2 unspecified atom stereocenters. The summed E-state index contributed by atoms with van der Waals surface area (Å²) in [6.07, 6.45) is 3.09. The van der Waals surface area contributed by atoms with Gasteiger partial charge in [0.1, 0.15) is 0 Å². The normalized spacial score (nSPS) is 27.6. The summed E-state index contributed by atoms with van der Waals surface area (Å²) in [7, 11) is 0. The molecular formula is C16H23N3O. The fourth-order valence-corrected chi connectivity index (χ4v) is 3.76. The third kappa shape index (κ3) is 2.33. The van der Waals surface area contributed by atoms with Crippen molar-refractivity contribution in [3.05, 3.63) is 30.1 Å². The van der Waals surface area contributed by atoms with Crippen molar-refractivity contribution in [3.63, 3.8) is 0 Å². The molecule has 2 aliphatic rings. The SMILES string of the molecule is CC1(C)C2CNCC2CN1C(=O)CCc1ccccn1. The number of nitrogens with zero attached hydrogens (tertiary/aromatic N) is 2. The Labute approximate surface area is 120 Å². The zero-order chi connectivity index (χ0) is 14.2. The van der Waals surface area contributed by atoms with Gasteiger partial charge in [-0.1, -0.05) is 6.07 Å². The molecule has 0 radical (unpaired) electrons.